The molecule has 0 heterocycles. The third kappa shape index (κ3) is 14.8. The van der Waals surface area contributed by atoms with Gasteiger partial charge in [-0.1, -0.05) is 62.3 Å². The second kappa shape index (κ2) is 18.9. The summed E-state index contributed by atoms with van der Waals surface area (Å²) in [4.78, 5) is 65.9. The van der Waals surface area contributed by atoms with E-state index < -0.39 is 124 Å². The Morgan fingerprint density at radius 2 is 0.397 bits per heavy atom. The fourth-order valence-corrected chi connectivity index (χ4v) is 2.28. The van der Waals surface area contributed by atoms with Gasteiger partial charge in [-0.3, -0.25) is 19.3 Å². The largest absolute Gasteiger partial charge is 3.00 e. The third-order valence-corrected chi connectivity index (χ3v) is 6.18. The molecule has 0 atom stereocenters. The van der Waals surface area contributed by atoms with Crippen LogP contribution < -0.4 is 0 Å². The van der Waals surface area contributed by atoms with Gasteiger partial charge in [-0.25, -0.2) is 0 Å². The van der Waals surface area contributed by atoms with Crippen LogP contribution in [0.3, 0.4) is 0 Å². The van der Waals surface area contributed by atoms with Crippen LogP contribution in [0, 0.1) is 35.5 Å². The predicted octanol–water partition coefficient (Wildman–Crippen LogP) is 9.62. The van der Waals surface area contributed by atoms with Crippen LogP contribution in [-0.2, 0) is 61.5 Å². The number of hydrogen-bond donors (Lipinski definition) is 0. The molecular formula is C30H30F21O6Y. The molecule has 0 saturated carbocycles. The molecule has 0 aliphatic rings. The average molecular weight is 974 g/mol. The summed E-state index contributed by atoms with van der Waals surface area (Å²) < 4.78 is 258. The van der Waals surface area contributed by atoms with E-state index in [0.29, 0.717) is 0 Å². The minimum atomic E-state index is -6.61. The summed E-state index contributed by atoms with van der Waals surface area (Å²) in [6.45, 7) is 10.6. The van der Waals surface area contributed by atoms with E-state index in [1.807, 2.05) is 0 Å². The second-order valence-electron chi connectivity index (χ2n) is 14.3. The van der Waals surface area contributed by atoms with E-state index in [0.717, 1.165) is 0 Å². The van der Waals surface area contributed by atoms with Gasteiger partial charge in [-0.2, -0.15) is 92.2 Å². The van der Waals surface area contributed by atoms with Gasteiger partial charge in [0.1, 0.15) is 0 Å². The van der Waals surface area contributed by atoms with Crippen molar-refractivity contribution in [3.05, 3.63) is 19.3 Å². The fourth-order valence-electron chi connectivity index (χ4n) is 2.28. The van der Waals surface area contributed by atoms with Crippen LogP contribution in [0.5, 0.6) is 0 Å². The zero-order valence-corrected chi connectivity index (χ0v) is 33.5. The zero-order chi connectivity index (χ0) is 47.6. The topological polar surface area (TPSA) is 102 Å². The van der Waals surface area contributed by atoms with Gasteiger partial charge in [0.2, 0.25) is 0 Å². The average Bonchev–Trinajstić information content (AvgIpc) is 2.93. The molecule has 0 spiro atoms. The summed E-state index contributed by atoms with van der Waals surface area (Å²) in [7, 11) is 0. The monoisotopic (exact) mass is 974 g/mol. The van der Waals surface area contributed by atoms with Gasteiger partial charge in [0, 0.05) is 17.3 Å². The Morgan fingerprint density at radius 3 is 0.483 bits per heavy atom. The molecule has 0 radical (unpaired) electrons. The summed E-state index contributed by atoms with van der Waals surface area (Å²) in [5, 5.41) is 0. The van der Waals surface area contributed by atoms with Gasteiger partial charge in [0.05, 0.1) is 17.3 Å². The Morgan fingerprint density at radius 1 is 0.276 bits per heavy atom. The van der Waals surface area contributed by atoms with Crippen molar-refractivity contribution in [3.8, 4) is 0 Å². The molecule has 28 heteroatoms. The van der Waals surface area contributed by atoms with E-state index in [1.165, 1.54) is 62.3 Å². The maximum atomic E-state index is 12.8. The number of rotatable bonds is 12. The van der Waals surface area contributed by atoms with E-state index >= 15 is 0 Å². The SMILES string of the molecule is CC(C)(C)C(=O)[CH-]C(=O)C(F)(F)C(F)(F)C(F)(F)F.CC(C)(C)C(=O)[CH-]C(=O)C(F)(F)C(F)(F)C(F)(F)F.CC(C)(C)C(=O)[CH-]C(=O)C(F)(F)C(F)(F)C(F)(F)F.[Y+3]. The molecule has 0 aromatic heterocycles. The Labute approximate surface area is 339 Å². The van der Waals surface area contributed by atoms with E-state index in [1.54, 1.807) is 0 Å². The molecule has 0 amide bonds. The fraction of sp³-hybridized carbons (Fsp3) is 0.700. The molecule has 0 aliphatic carbocycles. The van der Waals surface area contributed by atoms with Crippen LogP contribution in [0.15, 0.2) is 0 Å². The van der Waals surface area contributed by atoms with Crippen LogP contribution >= 0.6 is 0 Å². The summed E-state index contributed by atoms with van der Waals surface area (Å²) >= 11 is 0. The van der Waals surface area contributed by atoms with E-state index in [-0.39, 0.29) is 32.7 Å². The molecular weight excluding hydrogens is 944 g/mol. The molecule has 0 rings (SSSR count). The predicted molar refractivity (Wildman–Crippen MR) is 149 cm³/mol. The Kier molecular flexibility index (Phi) is 20.2. The smallest absolute Gasteiger partial charge is 0.333 e. The molecule has 0 bridgehead atoms. The first-order valence-corrected chi connectivity index (χ1v) is 14.4. The molecule has 6 nitrogen and oxygen atoms in total. The van der Waals surface area contributed by atoms with Gasteiger partial charge in [0.25, 0.3) is 0 Å². The summed E-state index contributed by atoms with van der Waals surface area (Å²) in [6.07, 6.45) is -21.1. The first kappa shape index (κ1) is 61.9. The molecule has 336 valence electrons. The van der Waals surface area contributed by atoms with Gasteiger partial charge in [0.15, 0.2) is 0 Å². The molecule has 0 aliphatic heterocycles. The number of carbonyl (C=O) groups excluding carboxylic acids is 6. The third-order valence-electron chi connectivity index (χ3n) is 6.18. The first-order valence-electron chi connectivity index (χ1n) is 14.4. The van der Waals surface area contributed by atoms with Gasteiger partial charge >= 0.3 is 86.8 Å². The van der Waals surface area contributed by atoms with Crippen LogP contribution in [0.1, 0.15) is 62.3 Å². The zero-order valence-electron chi connectivity index (χ0n) is 30.7. The number of carbonyl (C=O) groups is 6. The van der Waals surface area contributed by atoms with Crippen molar-refractivity contribution in [2.45, 2.75) is 116 Å². The number of halogens is 21. The van der Waals surface area contributed by atoms with Crippen LogP contribution in [-0.4, -0.2) is 88.8 Å². The van der Waals surface area contributed by atoms with E-state index in [9.17, 15) is 121 Å². The number of hydrogen-bond acceptors (Lipinski definition) is 6. The number of Topliss-reactive ketones (excluding diaryl/α,β-unsaturated/α-hetero) is 6. The van der Waals surface area contributed by atoms with Crippen LogP contribution in [0.4, 0.5) is 92.2 Å². The van der Waals surface area contributed by atoms with Crippen molar-refractivity contribution in [1.29, 1.82) is 0 Å². The standard InChI is InChI=1S/3C10H10F7O2.Y/c3*1-7(2,3)5(18)4-6(19)8(11,12)9(13,14)10(15,16)17;/h3*4H,1-3H3;/q3*-1;+3. The van der Waals surface area contributed by atoms with Crippen LogP contribution in [0.25, 0.3) is 0 Å². The van der Waals surface area contributed by atoms with Crippen molar-refractivity contribution >= 4 is 34.7 Å². The normalized spacial score (nSPS) is 14.0. The van der Waals surface area contributed by atoms with Crippen molar-refractivity contribution in [3.63, 3.8) is 0 Å². The minimum absolute atomic E-state index is 0. The second-order valence-corrected chi connectivity index (χ2v) is 14.3. The summed E-state index contributed by atoms with van der Waals surface area (Å²) in [5.74, 6) is -50.2. The maximum absolute atomic E-state index is 12.8. The van der Waals surface area contributed by atoms with Crippen molar-refractivity contribution < 1.29 is 154 Å². The van der Waals surface area contributed by atoms with Crippen molar-refractivity contribution in [2.75, 3.05) is 0 Å². The van der Waals surface area contributed by atoms with Crippen LogP contribution in [0.2, 0.25) is 0 Å². The van der Waals surface area contributed by atoms with Gasteiger partial charge < -0.3 is 28.8 Å². The maximum Gasteiger partial charge on any atom is 3.00 e. The molecule has 0 fully saturated rings. The van der Waals surface area contributed by atoms with E-state index in [2.05, 4.69) is 0 Å². The summed E-state index contributed by atoms with van der Waals surface area (Å²) in [6, 6.07) is 0. The van der Waals surface area contributed by atoms with Crippen molar-refractivity contribution in [1.82, 2.24) is 0 Å². The molecule has 0 aromatic carbocycles. The van der Waals surface area contributed by atoms with E-state index in [4.69, 9.17) is 0 Å². The molecule has 0 unspecified atom stereocenters. The minimum Gasteiger partial charge on any atom is -0.333 e. The van der Waals surface area contributed by atoms with Crippen molar-refractivity contribution in [2.24, 2.45) is 16.2 Å². The quantitative estimate of drug-likeness (QED) is 0.110. The number of alkyl halides is 21. The van der Waals surface area contributed by atoms with Gasteiger partial charge in [-0.05, 0) is 16.2 Å². The molecule has 0 aromatic rings. The molecule has 0 N–H and O–H groups in total. The Balaban J connectivity index is -0.000000374. The Bertz CT molecular complexity index is 1310. The molecule has 58 heavy (non-hydrogen) atoms. The Hall–Kier alpha value is -2.74. The van der Waals surface area contributed by atoms with Gasteiger partial charge in [-0.15, -0.1) is 0 Å². The summed E-state index contributed by atoms with van der Waals surface area (Å²) in [5.41, 5.74) is -4.09. The number of ketones is 6. The first-order chi connectivity index (χ1) is 24.1. The molecule has 0 saturated heterocycles.